The third-order valence-corrected chi connectivity index (χ3v) is 7.58. The normalized spacial score (nSPS) is 20.5. The molecule has 2 N–H and O–H groups in total. The number of anilines is 2. The number of benzene rings is 1. The quantitative estimate of drug-likeness (QED) is 0.221. The molecule has 0 saturated carbocycles. The Morgan fingerprint density at radius 1 is 1.24 bits per heavy atom. The van der Waals surface area contributed by atoms with Crippen LogP contribution in [0.4, 0.5) is 11.5 Å². The molecule has 1 fully saturated rings. The van der Waals surface area contributed by atoms with Gasteiger partial charge in [0.1, 0.15) is 41.7 Å². The third-order valence-electron chi connectivity index (χ3n) is 7.26. The van der Waals surface area contributed by atoms with Crippen molar-refractivity contribution < 1.29 is 19.0 Å². The monoisotopic (exact) mass is 590 g/mol. The van der Waals surface area contributed by atoms with Crippen molar-refractivity contribution in [3.63, 3.8) is 0 Å². The summed E-state index contributed by atoms with van der Waals surface area (Å²) in [6, 6.07) is 9.32. The number of nitrogens with one attached hydrogen (secondary N) is 2. The van der Waals surface area contributed by atoms with Crippen molar-refractivity contribution >= 4 is 39.9 Å². The van der Waals surface area contributed by atoms with E-state index in [0.717, 1.165) is 37.4 Å². The predicted molar refractivity (Wildman–Crippen MR) is 163 cm³/mol. The first kappa shape index (κ1) is 29.5. The number of aromatic nitrogens is 3. The van der Waals surface area contributed by atoms with Gasteiger partial charge in [-0.1, -0.05) is 12.6 Å². The fourth-order valence-corrected chi connectivity index (χ4v) is 5.25. The maximum atomic E-state index is 12.3. The van der Waals surface area contributed by atoms with Crippen molar-refractivity contribution in [2.45, 2.75) is 37.4 Å². The van der Waals surface area contributed by atoms with Gasteiger partial charge in [-0.15, -0.1) is 11.6 Å². The first-order valence-corrected chi connectivity index (χ1v) is 14.2. The molecule has 1 aliphatic heterocycles. The Kier molecular flexibility index (Phi) is 9.36. The van der Waals surface area contributed by atoms with Crippen LogP contribution in [0.5, 0.6) is 5.75 Å². The maximum absolute atomic E-state index is 12.3. The van der Waals surface area contributed by atoms with Gasteiger partial charge < -0.3 is 24.8 Å². The van der Waals surface area contributed by atoms with E-state index in [1.54, 1.807) is 13.3 Å². The minimum Gasteiger partial charge on any atom is -0.490 e. The number of carbonyl (C=O) groups is 1. The van der Waals surface area contributed by atoms with Gasteiger partial charge in [0.05, 0.1) is 23.0 Å². The molecular weight excluding hydrogens is 556 g/mol. The number of nitrogens with zero attached hydrogens (tertiary/aromatic N) is 4. The van der Waals surface area contributed by atoms with Crippen molar-refractivity contribution in [3.8, 4) is 5.75 Å². The van der Waals surface area contributed by atoms with E-state index in [4.69, 9.17) is 25.8 Å². The van der Waals surface area contributed by atoms with Gasteiger partial charge in [0.2, 0.25) is 5.91 Å². The van der Waals surface area contributed by atoms with E-state index in [1.807, 2.05) is 49.4 Å². The van der Waals surface area contributed by atoms with Gasteiger partial charge >= 0.3 is 0 Å². The molecular formula is C31H35ClN6O4. The number of hydrogen-bond donors (Lipinski definition) is 2. The van der Waals surface area contributed by atoms with E-state index in [2.05, 4.69) is 37.1 Å². The summed E-state index contributed by atoms with van der Waals surface area (Å²) in [4.78, 5) is 27.1. The number of ether oxygens (including phenoxy) is 3. The molecule has 42 heavy (non-hydrogen) atoms. The molecule has 1 saturated heterocycles. The van der Waals surface area contributed by atoms with Crippen LogP contribution < -0.4 is 15.4 Å². The molecule has 3 aromatic rings. The summed E-state index contributed by atoms with van der Waals surface area (Å²) in [5, 5.41) is 6.97. The number of hydrogen-bond acceptors (Lipinski definition) is 9. The van der Waals surface area contributed by atoms with Crippen LogP contribution >= 0.6 is 11.6 Å². The lowest BCUT2D eigenvalue weighted by molar-refractivity contribution is -0.111. The zero-order valence-corrected chi connectivity index (χ0v) is 24.6. The molecule has 5 rings (SSSR count). The van der Waals surface area contributed by atoms with Gasteiger partial charge in [-0.05, 0) is 49.8 Å². The molecule has 2 aromatic heterocycles. The first-order valence-electron chi connectivity index (χ1n) is 13.8. The largest absolute Gasteiger partial charge is 0.490 e. The SMILES string of the molecule is C=CC(=O)Nc1cc2c(NC3=CC=C(OCc4ccccn4)C(C)(Cl)C3)ncnc2cc1OCCN1CCC(OC)C1. The number of carbonyl (C=O) groups excluding carboxylic acids is 1. The van der Waals surface area contributed by atoms with Crippen molar-refractivity contribution in [2.24, 2.45) is 0 Å². The van der Waals surface area contributed by atoms with E-state index in [0.29, 0.717) is 53.6 Å². The Balaban J connectivity index is 1.34. The van der Waals surface area contributed by atoms with Crippen LogP contribution in [-0.2, 0) is 20.9 Å². The second kappa shape index (κ2) is 13.3. The highest BCUT2D eigenvalue weighted by molar-refractivity contribution is 6.25. The molecule has 0 radical (unpaired) electrons. The standard InChI is InChI=1S/C31H35ClN6O4/c1-4-29(39)37-26-15-24-25(16-27(26)41-14-13-38-12-10-23(18-38)40-3)34-20-35-30(24)36-21-8-9-28(31(2,32)17-21)42-19-22-7-5-6-11-33-22/h4-9,11,15-16,20,23H,1,10,12-14,17-19H2,2-3H3,(H,37,39)(H,34,35,36). The molecule has 220 valence electrons. The Bertz CT molecular complexity index is 1490. The topological polar surface area (TPSA) is 111 Å². The number of pyridine rings is 1. The molecule has 0 spiro atoms. The zero-order chi connectivity index (χ0) is 29.5. The fourth-order valence-electron chi connectivity index (χ4n) is 4.99. The second-order valence-electron chi connectivity index (χ2n) is 10.4. The van der Waals surface area contributed by atoms with Gasteiger partial charge in [-0.2, -0.15) is 0 Å². The lowest BCUT2D eigenvalue weighted by Gasteiger charge is -2.30. The number of allylic oxidation sites excluding steroid dienone is 4. The van der Waals surface area contributed by atoms with E-state index >= 15 is 0 Å². The third kappa shape index (κ3) is 7.25. The number of amides is 1. The highest BCUT2D eigenvalue weighted by Crippen LogP contribution is 2.38. The van der Waals surface area contributed by atoms with E-state index in [9.17, 15) is 4.79 Å². The molecule has 10 nitrogen and oxygen atoms in total. The van der Waals surface area contributed by atoms with Gasteiger partial charge in [-0.25, -0.2) is 9.97 Å². The van der Waals surface area contributed by atoms with Crippen LogP contribution in [0, 0.1) is 0 Å². The van der Waals surface area contributed by atoms with Crippen molar-refractivity contribution in [2.75, 3.05) is 44.0 Å². The summed E-state index contributed by atoms with van der Waals surface area (Å²) >= 11 is 6.90. The number of fused-ring (bicyclic) bond motifs is 1. The van der Waals surface area contributed by atoms with Crippen LogP contribution in [0.25, 0.3) is 10.9 Å². The van der Waals surface area contributed by atoms with Crippen molar-refractivity contribution in [3.05, 3.63) is 84.8 Å². The minimum absolute atomic E-state index is 0.257. The van der Waals surface area contributed by atoms with Gasteiger partial charge in [0.25, 0.3) is 0 Å². The van der Waals surface area contributed by atoms with E-state index in [1.165, 1.54) is 12.4 Å². The Morgan fingerprint density at radius 3 is 2.86 bits per heavy atom. The molecule has 0 bridgehead atoms. The van der Waals surface area contributed by atoms with Crippen LogP contribution in [0.2, 0.25) is 0 Å². The molecule has 11 heteroatoms. The summed E-state index contributed by atoms with van der Waals surface area (Å²) in [5.41, 5.74) is 2.85. The first-order chi connectivity index (χ1) is 20.3. The molecule has 1 aliphatic carbocycles. The van der Waals surface area contributed by atoms with Crippen molar-refractivity contribution in [1.82, 2.24) is 19.9 Å². The lowest BCUT2D eigenvalue weighted by atomic mass is 9.96. The number of methoxy groups -OCH3 is 1. The van der Waals surface area contributed by atoms with Crippen molar-refractivity contribution in [1.29, 1.82) is 0 Å². The van der Waals surface area contributed by atoms with Crippen LogP contribution in [0.3, 0.4) is 0 Å². The number of rotatable bonds is 12. The Morgan fingerprint density at radius 2 is 2.12 bits per heavy atom. The maximum Gasteiger partial charge on any atom is 0.247 e. The Labute approximate surface area is 250 Å². The highest BCUT2D eigenvalue weighted by Gasteiger charge is 2.32. The lowest BCUT2D eigenvalue weighted by Crippen LogP contribution is -2.27. The molecule has 2 aliphatic rings. The second-order valence-corrected chi connectivity index (χ2v) is 11.2. The van der Waals surface area contributed by atoms with E-state index in [-0.39, 0.29) is 12.0 Å². The summed E-state index contributed by atoms with van der Waals surface area (Å²) in [5.74, 6) is 1.42. The number of halogens is 1. The summed E-state index contributed by atoms with van der Waals surface area (Å²) in [6.45, 7) is 8.86. The van der Waals surface area contributed by atoms with Gasteiger partial charge in [-0.3, -0.25) is 14.7 Å². The average molecular weight is 591 g/mol. The van der Waals surface area contributed by atoms with E-state index < -0.39 is 4.87 Å². The summed E-state index contributed by atoms with van der Waals surface area (Å²) < 4.78 is 17.6. The summed E-state index contributed by atoms with van der Waals surface area (Å²) in [7, 11) is 1.74. The minimum atomic E-state index is -0.766. The van der Waals surface area contributed by atoms with Crippen LogP contribution in [0.1, 0.15) is 25.5 Å². The fraction of sp³-hybridized carbons (Fsp3) is 0.355. The molecule has 2 atom stereocenters. The molecule has 1 amide bonds. The number of alkyl halides is 1. The van der Waals surface area contributed by atoms with Gasteiger partial charge in [0, 0.05) is 56.5 Å². The number of likely N-dealkylation sites (tertiary alicyclic amines) is 1. The average Bonchev–Trinajstić information content (AvgIpc) is 3.45. The summed E-state index contributed by atoms with van der Waals surface area (Å²) in [6.07, 6.45) is 9.98. The molecule has 2 unspecified atom stereocenters. The van der Waals surface area contributed by atoms with Gasteiger partial charge in [0.15, 0.2) is 0 Å². The zero-order valence-electron chi connectivity index (χ0n) is 23.8. The van der Waals surface area contributed by atoms with Crippen LogP contribution in [0.15, 0.2) is 79.1 Å². The molecule has 1 aromatic carbocycles. The predicted octanol–water partition coefficient (Wildman–Crippen LogP) is 5.05. The van der Waals surface area contributed by atoms with Crippen LogP contribution in [-0.4, -0.2) is 70.1 Å². The highest BCUT2D eigenvalue weighted by atomic mass is 35.5. The molecule has 3 heterocycles. The smallest absolute Gasteiger partial charge is 0.247 e. The Hall–Kier alpha value is -3.99.